The van der Waals surface area contributed by atoms with E-state index in [1.807, 2.05) is 43.3 Å². The highest BCUT2D eigenvalue weighted by Crippen LogP contribution is 2.31. The molecule has 3 rings (SSSR count). The maximum atomic E-state index is 13.4. The van der Waals surface area contributed by atoms with Gasteiger partial charge >= 0.3 is 5.97 Å². The van der Waals surface area contributed by atoms with Gasteiger partial charge in [0.1, 0.15) is 15.9 Å². The monoisotopic (exact) mass is 600 g/mol. The highest BCUT2D eigenvalue weighted by atomic mass is 32.2. The van der Waals surface area contributed by atoms with Crippen LogP contribution in [0.5, 0.6) is 0 Å². The van der Waals surface area contributed by atoms with Crippen LogP contribution in [0.4, 0.5) is 0 Å². The van der Waals surface area contributed by atoms with Crippen LogP contribution in [-0.4, -0.2) is 74.1 Å². The number of amides is 1. The molecule has 1 aliphatic rings. The Hall–Kier alpha value is -2.75. The summed E-state index contributed by atoms with van der Waals surface area (Å²) in [6.07, 6.45) is 8.45. The van der Waals surface area contributed by atoms with Crippen molar-refractivity contribution in [3.05, 3.63) is 59.2 Å². The van der Waals surface area contributed by atoms with Gasteiger partial charge in [-0.25, -0.2) is 13.2 Å². The molecule has 1 amide bonds. The average Bonchev–Trinajstić information content (AvgIpc) is 2.96. The van der Waals surface area contributed by atoms with E-state index in [2.05, 4.69) is 24.1 Å². The summed E-state index contributed by atoms with van der Waals surface area (Å²) in [5, 5.41) is 12.2. The van der Waals surface area contributed by atoms with Crippen LogP contribution in [0.3, 0.4) is 0 Å². The number of aliphatic carboxylic acids is 1. The van der Waals surface area contributed by atoms with Crippen LogP contribution in [0.1, 0.15) is 80.3 Å². The first-order valence-corrected chi connectivity index (χ1v) is 17.3. The van der Waals surface area contributed by atoms with E-state index >= 15 is 0 Å². The number of carbonyl (C=O) groups excluding carboxylic acids is 1. The number of benzene rings is 2. The molecular formula is C33H48N2O6S. The molecule has 0 radical (unpaired) electrons. The van der Waals surface area contributed by atoms with Crippen LogP contribution in [0, 0.1) is 12.8 Å². The molecule has 0 aromatic heterocycles. The molecule has 2 aromatic rings. The highest BCUT2D eigenvalue weighted by molar-refractivity contribution is 7.90. The number of carboxylic acids is 1. The molecule has 42 heavy (non-hydrogen) atoms. The van der Waals surface area contributed by atoms with Gasteiger partial charge in [0.2, 0.25) is 0 Å². The number of carboxylic acid groups (broad SMARTS) is 1. The molecule has 0 spiro atoms. The number of aryl methyl sites for hydroxylation is 1. The molecule has 1 aliphatic carbocycles. The topological polar surface area (TPSA) is 113 Å². The fourth-order valence-electron chi connectivity index (χ4n) is 5.78. The van der Waals surface area contributed by atoms with Gasteiger partial charge in [-0.1, -0.05) is 76.3 Å². The van der Waals surface area contributed by atoms with Crippen molar-refractivity contribution in [2.75, 3.05) is 31.6 Å². The molecule has 0 bridgehead atoms. The normalized spacial score (nSPS) is 15.8. The molecule has 8 nitrogen and oxygen atoms in total. The van der Waals surface area contributed by atoms with Crippen molar-refractivity contribution >= 4 is 21.7 Å². The summed E-state index contributed by atoms with van der Waals surface area (Å²) in [6, 6.07) is 12.0. The zero-order chi connectivity index (χ0) is 30.7. The zero-order valence-corrected chi connectivity index (χ0v) is 26.4. The Balaban J connectivity index is 1.86. The minimum absolute atomic E-state index is 0.115. The lowest BCUT2D eigenvalue weighted by atomic mass is 9.85. The molecule has 2 aromatic carbocycles. The number of carbonyl (C=O) groups is 2. The minimum atomic E-state index is -3.38. The van der Waals surface area contributed by atoms with Gasteiger partial charge < -0.3 is 20.1 Å². The van der Waals surface area contributed by atoms with Crippen molar-refractivity contribution in [3.8, 4) is 11.1 Å². The molecule has 1 saturated carbocycles. The summed E-state index contributed by atoms with van der Waals surface area (Å²) in [5.74, 6) is -1.47. The molecular weight excluding hydrogens is 552 g/mol. The van der Waals surface area contributed by atoms with Crippen LogP contribution in [0.15, 0.2) is 42.5 Å². The van der Waals surface area contributed by atoms with Crippen molar-refractivity contribution in [2.45, 2.75) is 84.5 Å². The molecule has 9 heteroatoms. The molecule has 1 fully saturated rings. The molecule has 2 atom stereocenters. The first-order chi connectivity index (χ1) is 20.0. The predicted molar refractivity (Wildman–Crippen MR) is 167 cm³/mol. The Morgan fingerprint density at radius 3 is 2.36 bits per heavy atom. The van der Waals surface area contributed by atoms with Gasteiger partial charge in [-0.05, 0) is 73.2 Å². The third-order valence-electron chi connectivity index (χ3n) is 8.31. The van der Waals surface area contributed by atoms with Crippen molar-refractivity contribution in [3.63, 3.8) is 0 Å². The third kappa shape index (κ3) is 10.5. The number of hydrogen-bond acceptors (Lipinski definition) is 6. The Kier molecular flexibility index (Phi) is 13.0. The van der Waals surface area contributed by atoms with E-state index in [-0.39, 0.29) is 18.3 Å². The molecule has 232 valence electrons. The standard InChI is InChI=1S/C33H48N2O6S/c1-5-35(6-2)22-27(20-25-13-8-7-9-14-25)41-23-26-16-17-29(30(21-26)28-15-11-10-12-24(28)3)32(36)34-31(33(37)38)18-19-42(4,39)40/h10-12,15-17,21,25,27,31H,5-9,13-14,18-20,22-23H2,1-4H3,(H,34,36)(H,37,38)/t27?,31-/m0/s1. The van der Waals surface area contributed by atoms with E-state index in [9.17, 15) is 23.1 Å². The average molecular weight is 601 g/mol. The number of nitrogens with one attached hydrogen (secondary N) is 1. The molecule has 0 heterocycles. The van der Waals surface area contributed by atoms with Gasteiger partial charge in [0, 0.05) is 18.4 Å². The zero-order valence-electron chi connectivity index (χ0n) is 25.6. The number of nitrogens with zero attached hydrogens (tertiary/aromatic N) is 1. The highest BCUT2D eigenvalue weighted by Gasteiger charge is 2.25. The van der Waals surface area contributed by atoms with Crippen molar-refractivity contribution in [1.29, 1.82) is 0 Å². The second-order valence-electron chi connectivity index (χ2n) is 11.6. The molecule has 0 saturated heterocycles. The Morgan fingerprint density at radius 2 is 1.74 bits per heavy atom. The van der Waals surface area contributed by atoms with Crippen molar-refractivity contribution in [1.82, 2.24) is 10.2 Å². The summed E-state index contributed by atoms with van der Waals surface area (Å²) in [5.41, 5.74) is 3.81. The maximum absolute atomic E-state index is 13.4. The first kappa shape index (κ1) is 33.7. The largest absolute Gasteiger partial charge is 0.480 e. The summed E-state index contributed by atoms with van der Waals surface area (Å²) < 4.78 is 29.8. The number of hydrogen-bond donors (Lipinski definition) is 2. The second kappa shape index (κ2) is 16.2. The Morgan fingerprint density at radius 1 is 1.05 bits per heavy atom. The van der Waals surface area contributed by atoms with Gasteiger partial charge in [-0.3, -0.25) is 4.79 Å². The predicted octanol–water partition coefficient (Wildman–Crippen LogP) is 5.48. The second-order valence-corrected chi connectivity index (χ2v) is 13.9. The summed E-state index contributed by atoms with van der Waals surface area (Å²) in [7, 11) is -3.38. The van der Waals surface area contributed by atoms with E-state index in [1.54, 1.807) is 6.07 Å². The number of rotatable bonds is 16. The molecule has 2 N–H and O–H groups in total. The quantitative estimate of drug-likeness (QED) is 0.262. The van der Waals surface area contributed by atoms with Gasteiger partial charge in [-0.15, -0.1) is 0 Å². The van der Waals surface area contributed by atoms with E-state index in [0.29, 0.717) is 23.7 Å². The Bertz CT molecular complexity index is 1290. The van der Waals surface area contributed by atoms with Crippen molar-refractivity contribution < 1.29 is 27.9 Å². The van der Waals surface area contributed by atoms with Crippen LogP contribution in [0.2, 0.25) is 0 Å². The summed E-state index contributed by atoms with van der Waals surface area (Å²) in [6.45, 7) is 9.57. The molecule has 1 unspecified atom stereocenters. The van der Waals surface area contributed by atoms with Crippen LogP contribution >= 0.6 is 0 Å². The van der Waals surface area contributed by atoms with Crippen LogP contribution in [-0.2, 0) is 26.0 Å². The third-order valence-corrected chi connectivity index (χ3v) is 9.28. The van der Waals surface area contributed by atoms with Crippen LogP contribution in [0.25, 0.3) is 11.1 Å². The fraction of sp³-hybridized carbons (Fsp3) is 0.576. The molecule has 0 aliphatic heterocycles. The lowest BCUT2D eigenvalue weighted by Crippen LogP contribution is -2.42. The van der Waals surface area contributed by atoms with Crippen molar-refractivity contribution in [2.24, 2.45) is 5.92 Å². The SMILES string of the molecule is CCN(CC)CC(CC1CCCCC1)OCc1ccc(C(=O)N[C@@H](CCS(C)(=O)=O)C(=O)O)c(-c2ccccc2C)c1. The number of ether oxygens (including phenoxy) is 1. The van der Waals surface area contributed by atoms with E-state index < -0.39 is 27.8 Å². The van der Waals surface area contributed by atoms with Gasteiger partial charge in [0.15, 0.2) is 0 Å². The smallest absolute Gasteiger partial charge is 0.326 e. The van der Waals surface area contributed by atoms with Gasteiger partial charge in [0.05, 0.1) is 18.5 Å². The number of sulfone groups is 1. The first-order valence-electron chi connectivity index (χ1n) is 15.2. The summed E-state index contributed by atoms with van der Waals surface area (Å²) in [4.78, 5) is 27.6. The fourth-order valence-corrected chi connectivity index (χ4v) is 6.44. The van der Waals surface area contributed by atoms with E-state index in [0.717, 1.165) is 49.0 Å². The number of likely N-dealkylation sites (N-methyl/N-ethyl adjacent to an activating group) is 1. The van der Waals surface area contributed by atoms with Crippen LogP contribution < -0.4 is 5.32 Å². The minimum Gasteiger partial charge on any atom is -0.480 e. The van der Waals surface area contributed by atoms with E-state index in [1.165, 1.54) is 32.1 Å². The lowest BCUT2D eigenvalue weighted by molar-refractivity contribution is -0.139. The lowest BCUT2D eigenvalue weighted by Gasteiger charge is -2.30. The summed E-state index contributed by atoms with van der Waals surface area (Å²) >= 11 is 0. The van der Waals surface area contributed by atoms with Gasteiger partial charge in [0.25, 0.3) is 5.91 Å². The maximum Gasteiger partial charge on any atom is 0.326 e. The Labute approximate surface area is 251 Å². The van der Waals surface area contributed by atoms with Gasteiger partial charge in [-0.2, -0.15) is 0 Å². The van der Waals surface area contributed by atoms with E-state index in [4.69, 9.17) is 4.74 Å².